The summed E-state index contributed by atoms with van der Waals surface area (Å²) in [6.45, 7) is 5.44. The van der Waals surface area contributed by atoms with Gasteiger partial charge in [0.1, 0.15) is 17.6 Å². The van der Waals surface area contributed by atoms with Gasteiger partial charge in [0, 0.05) is 17.3 Å². The van der Waals surface area contributed by atoms with E-state index in [2.05, 4.69) is 6.58 Å². The fourth-order valence-corrected chi connectivity index (χ4v) is 7.19. The Bertz CT molecular complexity index is 1270. The summed E-state index contributed by atoms with van der Waals surface area (Å²) in [5.74, 6) is -4.08. The summed E-state index contributed by atoms with van der Waals surface area (Å²) in [5.41, 5.74) is -0.888. The van der Waals surface area contributed by atoms with E-state index in [4.69, 9.17) is 16.3 Å². The third-order valence-corrected chi connectivity index (χ3v) is 9.01. The number of carboxylic acids is 1. The van der Waals surface area contributed by atoms with E-state index in [1.165, 1.54) is 9.80 Å². The Hall–Kier alpha value is -3.20. The highest BCUT2D eigenvalue weighted by atomic mass is 35.5. The minimum atomic E-state index is -1.32. The quantitative estimate of drug-likeness (QED) is 0.435. The summed E-state index contributed by atoms with van der Waals surface area (Å²) in [5, 5.41) is 21.4. The van der Waals surface area contributed by atoms with Crippen LogP contribution in [0.25, 0.3) is 0 Å². The molecule has 0 radical (unpaired) electrons. The number of amides is 2. The maximum atomic E-state index is 14.6. The zero-order valence-electron chi connectivity index (χ0n) is 21.8. The van der Waals surface area contributed by atoms with Crippen molar-refractivity contribution in [3.05, 3.63) is 77.8 Å². The van der Waals surface area contributed by atoms with Gasteiger partial charge in [0.15, 0.2) is 0 Å². The van der Waals surface area contributed by atoms with E-state index in [1.54, 1.807) is 30.3 Å². The molecular weight excluding hydrogens is 520 g/mol. The summed E-state index contributed by atoms with van der Waals surface area (Å²) in [6, 6.07) is 14.3. The smallest absolute Gasteiger partial charge is 0.310 e. The second kappa shape index (κ2) is 10.4. The Labute approximate surface area is 232 Å². The van der Waals surface area contributed by atoms with Crippen molar-refractivity contribution in [1.82, 2.24) is 4.90 Å². The normalized spacial score (nSPS) is 29.8. The van der Waals surface area contributed by atoms with E-state index in [0.717, 1.165) is 5.56 Å². The van der Waals surface area contributed by atoms with Crippen LogP contribution >= 0.6 is 11.6 Å². The van der Waals surface area contributed by atoms with E-state index in [-0.39, 0.29) is 6.54 Å². The average Bonchev–Trinajstić information content (AvgIpc) is 3.55. The number of likely N-dealkylation sites (tertiary alicyclic amines) is 1. The van der Waals surface area contributed by atoms with Gasteiger partial charge in [0.25, 0.3) is 5.91 Å². The van der Waals surface area contributed by atoms with Gasteiger partial charge in [-0.3, -0.25) is 14.4 Å². The lowest BCUT2D eigenvalue weighted by atomic mass is 9.65. The largest absolute Gasteiger partial charge is 0.481 e. The number of nitrogens with zero attached hydrogens (tertiary/aromatic N) is 2. The van der Waals surface area contributed by atoms with E-state index in [1.807, 2.05) is 37.3 Å². The molecule has 0 aliphatic carbocycles. The molecule has 2 N–H and O–H groups in total. The first-order chi connectivity index (χ1) is 18.7. The van der Waals surface area contributed by atoms with Crippen LogP contribution in [0.5, 0.6) is 0 Å². The number of aliphatic hydroxyl groups is 1. The van der Waals surface area contributed by atoms with E-state index >= 15 is 0 Å². The van der Waals surface area contributed by atoms with Crippen LogP contribution in [0.2, 0.25) is 5.02 Å². The number of hydrogen-bond donors (Lipinski definition) is 2. The fourth-order valence-electron chi connectivity index (χ4n) is 7.06. The summed E-state index contributed by atoms with van der Waals surface area (Å²) in [7, 11) is 0. The van der Waals surface area contributed by atoms with Crippen LogP contribution < -0.4 is 4.90 Å². The minimum absolute atomic E-state index is 0.156. The van der Waals surface area contributed by atoms with Gasteiger partial charge < -0.3 is 24.7 Å². The zero-order chi connectivity index (χ0) is 27.9. The molecule has 2 amide bonds. The number of benzene rings is 2. The van der Waals surface area contributed by atoms with Crippen LogP contribution in [-0.2, 0) is 25.5 Å². The molecule has 6 atom stereocenters. The molecular formula is C30H33ClN2O6. The Kier molecular flexibility index (Phi) is 7.31. The number of halogens is 1. The number of anilines is 1. The number of carbonyl (C=O) groups excluding carboxylic acids is 2. The molecule has 5 rings (SSSR count). The van der Waals surface area contributed by atoms with Crippen molar-refractivity contribution in [3.8, 4) is 0 Å². The second-order valence-corrected chi connectivity index (χ2v) is 11.1. The van der Waals surface area contributed by atoms with Crippen molar-refractivity contribution in [3.63, 3.8) is 0 Å². The Balaban J connectivity index is 1.64. The molecule has 2 bridgehead atoms. The number of aliphatic carboxylic acids is 1. The van der Waals surface area contributed by atoms with Gasteiger partial charge in [-0.1, -0.05) is 54.9 Å². The summed E-state index contributed by atoms with van der Waals surface area (Å²) >= 11 is 6.10. The lowest BCUT2D eigenvalue weighted by molar-refractivity contribution is -0.157. The first kappa shape index (κ1) is 27.4. The van der Waals surface area contributed by atoms with Gasteiger partial charge in [-0.25, -0.2) is 0 Å². The van der Waals surface area contributed by atoms with Gasteiger partial charge in [-0.15, -0.1) is 6.58 Å². The van der Waals surface area contributed by atoms with Crippen molar-refractivity contribution in [2.24, 2.45) is 11.8 Å². The van der Waals surface area contributed by atoms with Crippen molar-refractivity contribution in [2.45, 2.75) is 55.9 Å². The topological polar surface area (TPSA) is 107 Å². The number of carbonyl (C=O) groups is 3. The van der Waals surface area contributed by atoms with Crippen LogP contribution in [-0.4, -0.2) is 69.3 Å². The molecule has 0 saturated carbocycles. The molecule has 3 saturated heterocycles. The van der Waals surface area contributed by atoms with Gasteiger partial charge in [-0.2, -0.15) is 0 Å². The maximum absolute atomic E-state index is 14.6. The molecule has 2 aromatic rings. The molecule has 2 unspecified atom stereocenters. The predicted molar refractivity (Wildman–Crippen MR) is 146 cm³/mol. The minimum Gasteiger partial charge on any atom is -0.481 e. The predicted octanol–water partition coefficient (Wildman–Crippen LogP) is 3.70. The Morgan fingerprint density at radius 2 is 1.90 bits per heavy atom. The molecule has 3 fully saturated rings. The molecule has 3 heterocycles. The SMILES string of the molecule is C=CCN(C(=O)C1N([C@@H](CO)Cc2ccccc2)C(=O)[C@@H]2[C@H](C(=O)O)[C@]3(CC)CCC12O3)c1ccc(Cl)cc1. The zero-order valence-corrected chi connectivity index (χ0v) is 22.6. The van der Waals surface area contributed by atoms with Gasteiger partial charge in [0.2, 0.25) is 5.91 Å². The van der Waals surface area contributed by atoms with Crippen LogP contribution in [0.15, 0.2) is 67.3 Å². The Morgan fingerprint density at radius 3 is 2.49 bits per heavy atom. The molecule has 9 heteroatoms. The first-order valence-electron chi connectivity index (χ1n) is 13.3. The molecule has 8 nitrogen and oxygen atoms in total. The van der Waals surface area contributed by atoms with Gasteiger partial charge >= 0.3 is 5.97 Å². The number of hydrogen-bond acceptors (Lipinski definition) is 5. The van der Waals surface area contributed by atoms with E-state index in [9.17, 15) is 24.6 Å². The standard InChI is InChI=1S/C30H33ClN2O6/c1-3-16-32(21-12-10-20(31)11-13-21)27(36)25-30-15-14-29(4-2,39-30)24(28(37)38)23(30)26(35)33(25)22(18-34)17-19-8-6-5-7-9-19/h3,5-13,22-25,34H,1,4,14-18H2,2H3,(H,37,38)/t22-,23+,24-,25?,29+,30?/m1/s1. The summed E-state index contributed by atoms with van der Waals surface area (Å²) in [6.07, 6.45) is 3.12. The average molecular weight is 553 g/mol. The van der Waals surface area contributed by atoms with E-state index < -0.39 is 59.5 Å². The molecule has 3 aliphatic rings. The number of fused-ring (bicyclic) bond motifs is 1. The van der Waals surface area contributed by atoms with Crippen LogP contribution in [0.3, 0.4) is 0 Å². The lowest BCUT2D eigenvalue weighted by Gasteiger charge is -2.39. The monoisotopic (exact) mass is 552 g/mol. The third kappa shape index (κ3) is 4.26. The molecule has 3 aliphatic heterocycles. The highest BCUT2D eigenvalue weighted by Gasteiger charge is 2.79. The van der Waals surface area contributed by atoms with Gasteiger partial charge in [-0.05, 0) is 55.5 Å². The number of rotatable bonds is 10. The maximum Gasteiger partial charge on any atom is 0.310 e. The first-order valence-corrected chi connectivity index (χ1v) is 13.7. The molecule has 2 aromatic carbocycles. The van der Waals surface area contributed by atoms with E-state index in [0.29, 0.717) is 36.4 Å². The molecule has 0 aromatic heterocycles. The van der Waals surface area contributed by atoms with Crippen molar-refractivity contribution in [1.29, 1.82) is 0 Å². The molecule has 39 heavy (non-hydrogen) atoms. The van der Waals surface area contributed by atoms with Crippen LogP contribution in [0.1, 0.15) is 31.7 Å². The summed E-state index contributed by atoms with van der Waals surface area (Å²) in [4.78, 5) is 44.4. The molecule has 206 valence electrons. The lowest BCUT2D eigenvalue weighted by Crippen LogP contribution is -2.59. The third-order valence-electron chi connectivity index (χ3n) is 8.75. The number of carboxylic acid groups (broad SMARTS) is 1. The van der Waals surface area contributed by atoms with Crippen molar-refractivity contribution < 1.29 is 29.3 Å². The fraction of sp³-hybridized carbons (Fsp3) is 0.433. The second-order valence-electron chi connectivity index (χ2n) is 10.7. The van der Waals surface area contributed by atoms with Crippen molar-refractivity contribution >= 4 is 35.1 Å². The molecule has 1 spiro atoms. The Morgan fingerprint density at radius 1 is 1.21 bits per heavy atom. The van der Waals surface area contributed by atoms with Crippen molar-refractivity contribution in [2.75, 3.05) is 18.1 Å². The summed E-state index contributed by atoms with van der Waals surface area (Å²) < 4.78 is 6.64. The van der Waals surface area contributed by atoms with Crippen LogP contribution in [0.4, 0.5) is 5.69 Å². The highest BCUT2D eigenvalue weighted by Crippen LogP contribution is 2.64. The highest BCUT2D eigenvalue weighted by molar-refractivity contribution is 6.30. The number of ether oxygens (including phenoxy) is 1. The number of aliphatic hydroxyl groups excluding tert-OH is 1. The van der Waals surface area contributed by atoms with Crippen LogP contribution in [0, 0.1) is 11.8 Å². The van der Waals surface area contributed by atoms with Gasteiger partial charge in [0.05, 0.1) is 24.2 Å².